The first-order chi connectivity index (χ1) is 31.5. The summed E-state index contributed by atoms with van der Waals surface area (Å²) in [6.45, 7) is 2.94. The minimum Gasteiger partial charge on any atom is -0.457 e. The number of hydrogen-bond acceptors (Lipinski definition) is 14. The highest BCUT2D eigenvalue weighted by atomic mass is 16.5. The standard InChI is InChI=1S/C46H49N11O8/c1-54(23-25-64-24-20-48-37(59)26-49-34-12-5-11-33-39(34)46(63)56(45(33)62)35-18-19-36(58)52-44(35)61)21-7-13-38(60)55-22-6-8-30(27-55)57-43-40(42(47)50-28-51-43)41(53-57)29-14-16-32(17-15-29)65-31-9-3-2-4-10-31/h2-5,7,9-17,28,30,35,49H,6,8,18-27H2,1H3,(H,48,59)(H2,47,50,51)(H,52,58,61). The number of aromatic nitrogens is 4. The number of ether oxygens (including phenoxy) is 2. The summed E-state index contributed by atoms with van der Waals surface area (Å²) in [6, 6.07) is 20.6. The third kappa shape index (κ3) is 10.0. The van der Waals surface area contributed by atoms with Crippen LogP contribution in [0.3, 0.4) is 0 Å². The zero-order valence-corrected chi connectivity index (χ0v) is 35.8. The Morgan fingerprint density at radius 2 is 1.75 bits per heavy atom. The fourth-order valence-corrected chi connectivity index (χ4v) is 8.13. The van der Waals surface area contributed by atoms with Gasteiger partial charge in [0.25, 0.3) is 11.8 Å². The predicted octanol–water partition coefficient (Wildman–Crippen LogP) is 3.17. The number of amides is 6. The normalized spacial score (nSPS) is 17.5. The average molecular weight is 884 g/mol. The highest BCUT2D eigenvalue weighted by Gasteiger charge is 2.45. The van der Waals surface area contributed by atoms with Gasteiger partial charge in [0.15, 0.2) is 5.65 Å². The minimum atomic E-state index is -1.08. The molecular weight excluding hydrogens is 835 g/mol. The van der Waals surface area contributed by atoms with Gasteiger partial charge in [-0.15, -0.1) is 0 Å². The molecule has 3 aliphatic rings. The van der Waals surface area contributed by atoms with Crippen LogP contribution in [0.15, 0.2) is 91.3 Å². The van der Waals surface area contributed by atoms with Gasteiger partial charge < -0.3 is 35.6 Å². The monoisotopic (exact) mass is 883 g/mol. The summed E-state index contributed by atoms with van der Waals surface area (Å²) in [5.41, 5.74) is 8.99. The molecule has 2 atom stereocenters. The van der Waals surface area contributed by atoms with E-state index in [-0.39, 0.29) is 67.2 Å². The maximum Gasteiger partial charge on any atom is 0.264 e. The van der Waals surface area contributed by atoms with Crippen LogP contribution in [-0.4, -0.2) is 135 Å². The Labute approximate surface area is 373 Å². The molecule has 0 saturated carbocycles. The van der Waals surface area contributed by atoms with Gasteiger partial charge in [0.2, 0.25) is 23.6 Å². The number of para-hydroxylation sites is 1. The second kappa shape index (κ2) is 19.9. The zero-order valence-electron chi connectivity index (χ0n) is 35.8. The van der Waals surface area contributed by atoms with E-state index >= 15 is 0 Å². The van der Waals surface area contributed by atoms with Gasteiger partial charge in [-0.2, -0.15) is 5.10 Å². The number of nitrogens with zero attached hydrogens (tertiary/aromatic N) is 7. The lowest BCUT2D eigenvalue weighted by atomic mass is 10.0. The summed E-state index contributed by atoms with van der Waals surface area (Å²) >= 11 is 0. The smallest absolute Gasteiger partial charge is 0.264 e. The number of fused-ring (bicyclic) bond motifs is 2. The van der Waals surface area contributed by atoms with Crippen LogP contribution in [-0.2, 0) is 23.9 Å². The number of carbonyl (C=O) groups excluding carboxylic acids is 6. The van der Waals surface area contributed by atoms with Crippen LogP contribution in [0.4, 0.5) is 11.5 Å². The second-order valence-corrected chi connectivity index (χ2v) is 15.9. The summed E-state index contributed by atoms with van der Waals surface area (Å²) < 4.78 is 13.6. The lowest BCUT2D eigenvalue weighted by Crippen LogP contribution is -2.54. The number of imide groups is 2. The largest absolute Gasteiger partial charge is 0.457 e. The number of rotatable bonds is 17. The van der Waals surface area contributed by atoms with Gasteiger partial charge >= 0.3 is 0 Å². The average Bonchev–Trinajstić information content (AvgIpc) is 3.83. The van der Waals surface area contributed by atoms with Crippen LogP contribution in [0.2, 0.25) is 0 Å². The first kappa shape index (κ1) is 44.1. The Hall–Kier alpha value is -7.51. The summed E-state index contributed by atoms with van der Waals surface area (Å²) in [7, 11) is 1.92. The van der Waals surface area contributed by atoms with Crippen molar-refractivity contribution in [2.45, 2.75) is 37.8 Å². The number of benzene rings is 3. The van der Waals surface area contributed by atoms with E-state index in [2.05, 4.69) is 25.9 Å². The fraction of sp³-hybridized carbons (Fsp3) is 0.326. The van der Waals surface area contributed by atoms with E-state index < -0.39 is 29.7 Å². The molecule has 19 heteroatoms. The molecule has 8 rings (SSSR count). The highest BCUT2D eigenvalue weighted by molar-refractivity contribution is 6.25. The molecule has 2 aromatic heterocycles. The Balaban J connectivity index is 0.754. The first-order valence-corrected chi connectivity index (χ1v) is 21.4. The van der Waals surface area contributed by atoms with Crippen LogP contribution in [0.5, 0.6) is 11.5 Å². The molecule has 65 heavy (non-hydrogen) atoms. The Morgan fingerprint density at radius 1 is 0.954 bits per heavy atom. The van der Waals surface area contributed by atoms with E-state index in [0.717, 1.165) is 29.1 Å². The van der Waals surface area contributed by atoms with Crippen LogP contribution in [0.1, 0.15) is 52.4 Å². The molecule has 2 saturated heterocycles. The lowest BCUT2D eigenvalue weighted by molar-refractivity contribution is -0.136. The van der Waals surface area contributed by atoms with Crippen molar-refractivity contribution in [1.29, 1.82) is 0 Å². The number of carbonyl (C=O) groups is 6. The quantitative estimate of drug-likeness (QED) is 0.0597. The maximum atomic E-state index is 13.4. The molecule has 19 nitrogen and oxygen atoms in total. The topological polar surface area (TPSA) is 236 Å². The van der Waals surface area contributed by atoms with Gasteiger partial charge in [0.05, 0.1) is 42.3 Å². The molecule has 0 aliphatic carbocycles. The van der Waals surface area contributed by atoms with Crippen molar-refractivity contribution in [3.63, 3.8) is 0 Å². The van der Waals surface area contributed by atoms with Gasteiger partial charge in [-0.25, -0.2) is 14.6 Å². The molecular formula is C46H49N11O8. The van der Waals surface area contributed by atoms with E-state index in [1.165, 1.54) is 12.4 Å². The van der Waals surface area contributed by atoms with E-state index in [0.29, 0.717) is 61.1 Å². The Kier molecular flexibility index (Phi) is 13.5. The van der Waals surface area contributed by atoms with Crippen molar-refractivity contribution in [3.05, 3.63) is 102 Å². The molecule has 5 heterocycles. The molecule has 0 spiro atoms. The van der Waals surface area contributed by atoms with Crippen molar-refractivity contribution in [2.24, 2.45) is 0 Å². The SMILES string of the molecule is CN(CC=CC(=O)N1CCCC(n2nc(-c3ccc(Oc4ccccc4)cc3)c3c(N)ncnc32)C1)CCOCCNC(=O)CNc1cccc2c1C(=O)N(C1CCC(=O)NC1=O)C2=O. The third-order valence-corrected chi connectivity index (χ3v) is 11.4. The summed E-state index contributed by atoms with van der Waals surface area (Å²) in [5.74, 6) is -1.12. The molecule has 2 unspecified atom stereocenters. The summed E-state index contributed by atoms with van der Waals surface area (Å²) in [4.78, 5) is 89.9. The number of hydrogen-bond donors (Lipinski definition) is 4. The van der Waals surface area contributed by atoms with Crippen LogP contribution < -0.4 is 26.4 Å². The predicted molar refractivity (Wildman–Crippen MR) is 239 cm³/mol. The van der Waals surface area contributed by atoms with Gasteiger partial charge in [-0.05, 0) is 74.8 Å². The number of nitrogen functional groups attached to an aromatic ring is 1. The van der Waals surface area contributed by atoms with Gasteiger partial charge in [-0.3, -0.25) is 39.0 Å². The number of nitrogens with one attached hydrogen (secondary N) is 3. The molecule has 0 radical (unpaired) electrons. The fourth-order valence-electron chi connectivity index (χ4n) is 8.13. The number of anilines is 2. The summed E-state index contributed by atoms with van der Waals surface area (Å²) in [6.07, 6.45) is 6.54. The number of piperidine rings is 2. The third-order valence-electron chi connectivity index (χ3n) is 11.4. The molecule has 0 bridgehead atoms. The van der Waals surface area contributed by atoms with Crippen molar-refractivity contribution < 1.29 is 38.2 Å². The lowest BCUT2D eigenvalue weighted by Gasteiger charge is -2.32. The van der Waals surface area contributed by atoms with E-state index in [1.807, 2.05) is 82.2 Å². The van der Waals surface area contributed by atoms with Crippen LogP contribution in [0, 0.1) is 0 Å². The van der Waals surface area contributed by atoms with E-state index in [9.17, 15) is 28.8 Å². The number of likely N-dealkylation sites (N-methyl/N-ethyl adjacent to an activating group) is 1. The minimum absolute atomic E-state index is 0.0177. The second-order valence-electron chi connectivity index (χ2n) is 15.9. The van der Waals surface area contributed by atoms with Crippen molar-refractivity contribution >= 4 is 58.0 Å². The number of nitrogens with two attached hydrogens (primary N) is 1. The molecule has 3 aliphatic heterocycles. The molecule has 5 aromatic rings. The summed E-state index contributed by atoms with van der Waals surface area (Å²) in [5, 5.41) is 13.5. The van der Waals surface area contributed by atoms with Gasteiger partial charge in [0, 0.05) is 56.5 Å². The van der Waals surface area contributed by atoms with Crippen LogP contribution in [0.25, 0.3) is 22.3 Å². The maximum absolute atomic E-state index is 13.4. The van der Waals surface area contributed by atoms with Gasteiger partial charge in [0.1, 0.15) is 35.4 Å². The van der Waals surface area contributed by atoms with Gasteiger partial charge in [-0.1, -0.05) is 30.3 Å². The Bertz CT molecular complexity index is 2630. The molecule has 336 valence electrons. The first-order valence-electron chi connectivity index (χ1n) is 21.4. The van der Waals surface area contributed by atoms with Crippen molar-refractivity contribution in [2.75, 3.05) is 70.6 Å². The zero-order chi connectivity index (χ0) is 45.5. The van der Waals surface area contributed by atoms with E-state index in [1.54, 1.807) is 18.2 Å². The molecule has 5 N–H and O–H groups in total. The molecule has 2 fully saturated rings. The van der Waals surface area contributed by atoms with Crippen molar-refractivity contribution in [3.8, 4) is 22.8 Å². The molecule has 3 aromatic carbocycles. The molecule has 6 amide bonds. The van der Waals surface area contributed by atoms with Crippen molar-refractivity contribution in [1.82, 2.24) is 45.1 Å². The van der Waals surface area contributed by atoms with Crippen LogP contribution >= 0.6 is 0 Å². The number of likely N-dealkylation sites (tertiary alicyclic amines) is 1. The highest BCUT2D eigenvalue weighted by Crippen LogP contribution is 2.36. The Morgan fingerprint density at radius 3 is 2.55 bits per heavy atom. The van der Waals surface area contributed by atoms with E-state index in [4.69, 9.17) is 20.3 Å².